The van der Waals surface area contributed by atoms with Gasteiger partial charge in [-0.15, -0.1) is 0 Å². The van der Waals surface area contributed by atoms with E-state index in [9.17, 15) is 13.5 Å². The van der Waals surface area contributed by atoms with Gasteiger partial charge in [-0.05, 0) is 21.0 Å². The summed E-state index contributed by atoms with van der Waals surface area (Å²) >= 11 is 0. The first-order valence-corrected chi connectivity index (χ1v) is 5.72. The van der Waals surface area contributed by atoms with E-state index in [1.807, 2.05) is 0 Å². The maximum atomic E-state index is 11.0. The van der Waals surface area contributed by atoms with Crippen molar-refractivity contribution in [3.63, 3.8) is 0 Å². The number of hydrogen-bond donors (Lipinski definition) is 3. The normalized spacial score (nSPS) is 17.0. The molecule has 0 fully saturated rings. The van der Waals surface area contributed by atoms with Crippen LogP contribution in [-0.2, 0) is 10.2 Å². The van der Waals surface area contributed by atoms with Crippen LogP contribution in [0.4, 0.5) is 0 Å². The Labute approximate surface area is 85.5 Å². The lowest BCUT2D eigenvalue weighted by Crippen LogP contribution is -2.49. The van der Waals surface area contributed by atoms with E-state index in [1.165, 1.54) is 7.05 Å². The number of hydrogen-bond acceptors (Lipinski definition) is 4. The van der Waals surface area contributed by atoms with Crippen LogP contribution in [0.3, 0.4) is 0 Å². The highest BCUT2D eigenvalue weighted by atomic mass is 32.2. The zero-order chi connectivity index (χ0) is 11.4. The molecule has 6 nitrogen and oxygen atoms in total. The summed E-state index contributed by atoms with van der Waals surface area (Å²) in [6.45, 7) is 1.94. The van der Waals surface area contributed by atoms with Gasteiger partial charge in [-0.3, -0.25) is 0 Å². The van der Waals surface area contributed by atoms with Crippen molar-refractivity contribution in [2.75, 3.05) is 34.2 Å². The van der Waals surface area contributed by atoms with Gasteiger partial charge in [-0.25, -0.2) is 4.72 Å². The number of nitrogens with zero attached hydrogens (tertiary/aromatic N) is 1. The van der Waals surface area contributed by atoms with E-state index in [0.717, 1.165) is 0 Å². The van der Waals surface area contributed by atoms with Crippen molar-refractivity contribution in [2.45, 2.75) is 12.5 Å². The van der Waals surface area contributed by atoms with Gasteiger partial charge in [0.1, 0.15) is 0 Å². The number of aliphatic hydroxyl groups is 1. The molecular formula is C7H19N3O3S. The molecule has 0 heterocycles. The quantitative estimate of drug-likeness (QED) is 0.506. The third-order valence-electron chi connectivity index (χ3n) is 1.57. The van der Waals surface area contributed by atoms with Crippen LogP contribution in [0.25, 0.3) is 0 Å². The molecule has 0 aromatic carbocycles. The number of rotatable bonds is 6. The summed E-state index contributed by atoms with van der Waals surface area (Å²) in [4.78, 5) is 1.79. The van der Waals surface area contributed by atoms with Crippen LogP contribution in [0.15, 0.2) is 0 Å². The molecular weight excluding hydrogens is 206 g/mol. The smallest absolute Gasteiger partial charge is 0.276 e. The fraction of sp³-hybridized carbons (Fsp3) is 1.00. The topological polar surface area (TPSA) is 81.7 Å². The molecule has 0 saturated heterocycles. The van der Waals surface area contributed by atoms with Gasteiger partial charge in [0, 0.05) is 20.1 Å². The molecule has 0 aromatic heterocycles. The molecule has 0 aliphatic carbocycles. The summed E-state index contributed by atoms with van der Waals surface area (Å²) in [6, 6.07) is 0. The van der Waals surface area contributed by atoms with E-state index in [0.29, 0.717) is 6.54 Å². The Hall–Kier alpha value is -0.210. The van der Waals surface area contributed by atoms with Gasteiger partial charge in [-0.2, -0.15) is 13.1 Å². The fourth-order valence-corrected chi connectivity index (χ4v) is 1.71. The average molecular weight is 225 g/mol. The van der Waals surface area contributed by atoms with Crippen molar-refractivity contribution in [3.05, 3.63) is 0 Å². The minimum Gasteiger partial charge on any atom is -0.387 e. The first kappa shape index (κ1) is 13.8. The molecule has 3 N–H and O–H groups in total. The summed E-state index contributed by atoms with van der Waals surface area (Å²) in [5.41, 5.74) is -1.08. The van der Waals surface area contributed by atoms with Crippen LogP contribution < -0.4 is 9.44 Å². The number of nitrogens with one attached hydrogen (secondary N) is 2. The predicted molar refractivity (Wildman–Crippen MR) is 55.2 cm³/mol. The maximum absolute atomic E-state index is 11.0. The first-order chi connectivity index (χ1) is 6.18. The van der Waals surface area contributed by atoms with E-state index in [1.54, 1.807) is 25.9 Å². The Morgan fingerprint density at radius 2 is 1.93 bits per heavy atom. The van der Waals surface area contributed by atoms with Gasteiger partial charge >= 0.3 is 0 Å². The molecule has 0 spiro atoms. The molecule has 0 aliphatic rings. The SMILES string of the molecule is CNS(=O)(=O)NCC(C)(O)CN(C)C. The second-order valence-corrected chi connectivity index (χ2v) is 5.47. The van der Waals surface area contributed by atoms with Crippen LogP contribution in [0, 0.1) is 0 Å². The third-order valence-corrected chi connectivity index (χ3v) is 2.63. The molecule has 1 unspecified atom stereocenters. The van der Waals surface area contributed by atoms with E-state index in [2.05, 4.69) is 9.44 Å². The average Bonchev–Trinajstić information content (AvgIpc) is 1.99. The first-order valence-electron chi connectivity index (χ1n) is 4.24. The number of likely N-dealkylation sites (N-methyl/N-ethyl adjacent to an activating group) is 1. The van der Waals surface area contributed by atoms with Crippen LogP contribution in [0.2, 0.25) is 0 Å². The summed E-state index contributed by atoms with van der Waals surface area (Å²) in [6.07, 6.45) is 0. The highest BCUT2D eigenvalue weighted by molar-refractivity contribution is 7.87. The molecule has 1 atom stereocenters. The third kappa shape index (κ3) is 6.28. The molecule has 0 rings (SSSR count). The standard InChI is InChI=1S/C7H19N3O3S/c1-7(11,6-10(3)4)5-9-14(12,13)8-2/h8-9,11H,5-6H2,1-4H3. The lowest BCUT2D eigenvalue weighted by Gasteiger charge is -2.26. The predicted octanol–water partition coefficient (Wildman–Crippen LogP) is -1.65. The largest absolute Gasteiger partial charge is 0.387 e. The Bertz CT molecular complexity index is 261. The molecule has 0 amide bonds. The minimum atomic E-state index is -3.47. The van der Waals surface area contributed by atoms with Gasteiger partial charge in [-0.1, -0.05) is 0 Å². The van der Waals surface area contributed by atoms with Crippen LogP contribution in [0.1, 0.15) is 6.92 Å². The lowest BCUT2D eigenvalue weighted by atomic mass is 10.1. The van der Waals surface area contributed by atoms with Crippen molar-refractivity contribution >= 4 is 10.2 Å². The Balaban J connectivity index is 4.12. The highest BCUT2D eigenvalue weighted by Crippen LogP contribution is 2.02. The fourth-order valence-electron chi connectivity index (χ4n) is 1.06. The highest BCUT2D eigenvalue weighted by Gasteiger charge is 2.23. The lowest BCUT2D eigenvalue weighted by molar-refractivity contribution is 0.0385. The molecule has 0 radical (unpaired) electrons. The molecule has 86 valence electrons. The Kier molecular flexibility index (Phi) is 4.96. The molecule has 0 aliphatic heterocycles. The van der Waals surface area contributed by atoms with Crippen molar-refractivity contribution in [1.29, 1.82) is 0 Å². The molecule has 0 aromatic rings. The van der Waals surface area contributed by atoms with Gasteiger partial charge < -0.3 is 10.0 Å². The van der Waals surface area contributed by atoms with Crippen LogP contribution in [-0.4, -0.2) is 58.3 Å². The summed E-state index contributed by atoms with van der Waals surface area (Å²) in [5.74, 6) is 0. The van der Waals surface area contributed by atoms with Crippen molar-refractivity contribution < 1.29 is 13.5 Å². The Morgan fingerprint density at radius 1 is 1.43 bits per heavy atom. The second kappa shape index (κ2) is 5.04. The summed E-state index contributed by atoms with van der Waals surface area (Å²) in [5, 5.41) is 9.75. The van der Waals surface area contributed by atoms with Crippen molar-refractivity contribution in [3.8, 4) is 0 Å². The minimum absolute atomic E-state index is 0.0195. The van der Waals surface area contributed by atoms with Crippen LogP contribution >= 0.6 is 0 Å². The van der Waals surface area contributed by atoms with Crippen LogP contribution in [0.5, 0.6) is 0 Å². The summed E-state index contributed by atoms with van der Waals surface area (Å²) in [7, 11) is 1.45. The molecule has 14 heavy (non-hydrogen) atoms. The van der Waals surface area contributed by atoms with Crippen molar-refractivity contribution in [1.82, 2.24) is 14.3 Å². The Morgan fingerprint density at radius 3 is 2.29 bits per heavy atom. The molecule has 7 heteroatoms. The monoisotopic (exact) mass is 225 g/mol. The van der Waals surface area contributed by atoms with Crippen molar-refractivity contribution in [2.24, 2.45) is 0 Å². The molecule has 0 saturated carbocycles. The van der Waals surface area contributed by atoms with Gasteiger partial charge in [0.2, 0.25) is 0 Å². The zero-order valence-electron chi connectivity index (χ0n) is 9.03. The van der Waals surface area contributed by atoms with Gasteiger partial charge in [0.25, 0.3) is 10.2 Å². The molecule has 0 bridgehead atoms. The maximum Gasteiger partial charge on any atom is 0.276 e. The van der Waals surface area contributed by atoms with E-state index in [-0.39, 0.29) is 6.54 Å². The van der Waals surface area contributed by atoms with E-state index >= 15 is 0 Å². The van der Waals surface area contributed by atoms with Gasteiger partial charge in [0.05, 0.1) is 5.60 Å². The van der Waals surface area contributed by atoms with Gasteiger partial charge in [0.15, 0.2) is 0 Å². The van der Waals surface area contributed by atoms with E-state index < -0.39 is 15.8 Å². The zero-order valence-corrected chi connectivity index (χ0v) is 9.85. The second-order valence-electron chi connectivity index (χ2n) is 3.76. The summed E-state index contributed by atoms with van der Waals surface area (Å²) < 4.78 is 26.3. The van der Waals surface area contributed by atoms with E-state index in [4.69, 9.17) is 0 Å².